The lowest BCUT2D eigenvalue weighted by Gasteiger charge is -2.43. The fourth-order valence-electron chi connectivity index (χ4n) is 4.51. The van der Waals surface area contributed by atoms with E-state index in [0.717, 1.165) is 6.26 Å². The van der Waals surface area contributed by atoms with E-state index in [1.807, 2.05) is 6.07 Å². The number of nitriles is 1. The van der Waals surface area contributed by atoms with Crippen molar-refractivity contribution in [3.05, 3.63) is 46.9 Å². The summed E-state index contributed by atoms with van der Waals surface area (Å²) in [6.07, 6.45) is -0.00747. The van der Waals surface area contributed by atoms with Gasteiger partial charge in [-0.1, -0.05) is 0 Å². The predicted octanol–water partition coefficient (Wildman–Crippen LogP) is 3.46. The average Bonchev–Trinajstić information content (AvgIpc) is 3.19. The number of aromatic nitrogens is 3. The van der Waals surface area contributed by atoms with E-state index in [2.05, 4.69) is 15.4 Å². The number of sulfone groups is 1. The van der Waals surface area contributed by atoms with Crippen LogP contribution in [-0.2, 0) is 20.1 Å². The maximum atomic E-state index is 16.0. The largest absolute Gasteiger partial charge is 0.444 e. The molecule has 4 rings (SSSR count). The third-order valence-electron chi connectivity index (χ3n) is 6.39. The molecule has 1 aliphatic heterocycles. The summed E-state index contributed by atoms with van der Waals surface area (Å²) in [5, 5.41) is 17.4. The molecule has 1 aliphatic rings. The zero-order valence-electron chi connectivity index (χ0n) is 21.5. The van der Waals surface area contributed by atoms with Crippen LogP contribution in [0.5, 0.6) is 0 Å². The molecular formula is C25H29FN6O5S. The van der Waals surface area contributed by atoms with Crippen LogP contribution in [0.15, 0.2) is 46.2 Å². The van der Waals surface area contributed by atoms with E-state index < -0.39 is 38.8 Å². The topological polar surface area (TPSA) is 150 Å². The first-order valence-electron chi connectivity index (χ1n) is 11.9. The van der Waals surface area contributed by atoms with Gasteiger partial charge in [0.2, 0.25) is 0 Å². The molecule has 0 aliphatic carbocycles. The zero-order chi connectivity index (χ0) is 27.9. The van der Waals surface area contributed by atoms with Crippen LogP contribution in [0.3, 0.4) is 0 Å². The van der Waals surface area contributed by atoms with Crippen LogP contribution in [-0.4, -0.2) is 65.3 Å². The molecule has 2 atom stereocenters. The molecule has 2 aromatic heterocycles. The van der Waals surface area contributed by atoms with E-state index in [4.69, 9.17) is 4.74 Å². The molecule has 202 valence electrons. The lowest BCUT2D eigenvalue weighted by atomic mass is 9.83. The number of pyridine rings is 1. The minimum atomic E-state index is -3.40. The smallest absolute Gasteiger partial charge is 0.410 e. The monoisotopic (exact) mass is 544 g/mol. The van der Waals surface area contributed by atoms with Gasteiger partial charge in [-0.3, -0.25) is 9.48 Å². The molecule has 1 aromatic carbocycles. The van der Waals surface area contributed by atoms with Crippen molar-refractivity contribution < 1.29 is 22.3 Å². The second kappa shape index (κ2) is 9.75. The summed E-state index contributed by atoms with van der Waals surface area (Å²) in [6.45, 7) is 4.98. The summed E-state index contributed by atoms with van der Waals surface area (Å²) in [4.78, 5) is 29.4. The summed E-state index contributed by atoms with van der Waals surface area (Å²) in [5.41, 5.74) is -1.90. The lowest BCUT2D eigenvalue weighted by Crippen LogP contribution is -2.56. The Labute approximate surface area is 219 Å². The predicted molar refractivity (Wildman–Crippen MR) is 139 cm³/mol. The van der Waals surface area contributed by atoms with Gasteiger partial charge in [-0.25, -0.2) is 17.6 Å². The first-order chi connectivity index (χ1) is 17.7. The number of ether oxygens (including phenoxy) is 1. The van der Waals surface area contributed by atoms with E-state index in [9.17, 15) is 23.3 Å². The van der Waals surface area contributed by atoms with Crippen molar-refractivity contribution in [3.63, 3.8) is 0 Å². The number of anilines is 2. The Morgan fingerprint density at radius 3 is 2.58 bits per heavy atom. The molecule has 3 aromatic rings. The van der Waals surface area contributed by atoms with Gasteiger partial charge in [0.05, 0.1) is 29.4 Å². The number of hydrogen-bond acceptors (Lipinski definition) is 8. The first-order valence-corrected chi connectivity index (χ1v) is 13.8. The summed E-state index contributed by atoms with van der Waals surface area (Å²) in [6, 6.07) is 9.52. The molecule has 13 heteroatoms. The van der Waals surface area contributed by atoms with Crippen LogP contribution < -0.4 is 10.9 Å². The Morgan fingerprint density at radius 1 is 1.32 bits per heavy atom. The molecule has 0 radical (unpaired) electrons. The van der Waals surface area contributed by atoms with Crippen LogP contribution in [0.4, 0.5) is 20.7 Å². The van der Waals surface area contributed by atoms with E-state index >= 15 is 4.39 Å². The van der Waals surface area contributed by atoms with Crippen molar-refractivity contribution in [2.45, 2.75) is 55.8 Å². The normalized spacial score (nSPS) is 20.2. The van der Waals surface area contributed by atoms with Crippen molar-refractivity contribution >= 4 is 38.3 Å². The molecule has 1 amide bonds. The number of piperidine rings is 1. The summed E-state index contributed by atoms with van der Waals surface area (Å²) >= 11 is 0. The van der Waals surface area contributed by atoms with Gasteiger partial charge in [0.25, 0.3) is 5.56 Å². The highest BCUT2D eigenvalue weighted by atomic mass is 32.2. The number of amides is 1. The number of H-pyrrole nitrogens is 1. The third-order valence-corrected chi connectivity index (χ3v) is 7.51. The van der Waals surface area contributed by atoms with Gasteiger partial charge >= 0.3 is 6.09 Å². The number of nitrogens with zero attached hydrogens (tertiary/aromatic N) is 4. The number of alkyl halides is 1. The van der Waals surface area contributed by atoms with Gasteiger partial charge < -0.3 is 19.9 Å². The summed E-state index contributed by atoms with van der Waals surface area (Å²) in [5.74, 6) is 0.119. The van der Waals surface area contributed by atoms with Crippen LogP contribution >= 0.6 is 0 Å². The van der Waals surface area contributed by atoms with Gasteiger partial charge in [-0.05, 0) is 57.5 Å². The Balaban J connectivity index is 1.74. The molecular weight excluding hydrogens is 515 g/mol. The highest BCUT2D eigenvalue weighted by Crippen LogP contribution is 2.39. The molecule has 0 spiro atoms. The Kier molecular flexibility index (Phi) is 6.96. The minimum absolute atomic E-state index is 0.0625. The number of aromatic amines is 1. The number of carbonyl (C=O) groups excluding carboxylic acids is 1. The molecule has 1 saturated heterocycles. The van der Waals surface area contributed by atoms with Crippen LogP contribution in [0.25, 0.3) is 10.9 Å². The number of nitrogens with one attached hydrogen (secondary N) is 2. The molecule has 11 nitrogen and oxygen atoms in total. The maximum absolute atomic E-state index is 16.0. The number of halogens is 1. The quantitative estimate of drug-likeness (QED) is 0.496. The first kappa shape index (κ1) is 27.1. The van der Waals surface area contributed by atoms with E-state index in [-0.39, 0.29) is 42.0 Å². The van der Waals surface area contributed by atoms with Crippen molar-refractivity contribution in [3.8, 4) is 6.07 Å². The highest BCUT2D eigenvalue weighted by Gasteiger charge is 2.48. The van der Waals surface area contributed by atoms with Gasteiger partial charge in [-0.2, -0.15) is 10.4 Å². The molecule has 2 N–H and O–H groups in total. The van der Waals surface area contributed by atoms with Gasteiger partial charge in [0.15, 0.2) is 15.7 Å². The van der Waals surface area contributed by atoms with Crippen molar-refractivity contribution in [1.29, 1.82) is 5.26 Å². The van der Waals surface area contributed by atoms with Crippen molar-refractivity contribution in [2.75, 3.05) is 24.7 Å². The number of benzene rings is 1. The van der Waals surface area contributed by atoms with Crippen LogP contribution in [0.1, 0.15) is 33.6 Å². The Morgan fingerprint density at radius 2 is 2.00 bits per heavy atom. The van der Waals surface area contributed by atoms with Crippen LogP contribution in [0.2, 0.25) is 0 Å². The summed E-state index contributed by atoms with van der Waals surface area (Å²) in [7, 11) is -3.40. The molecule has 38 heavy (non-hydrogen) atoms. The van der Waals surface area contributed by atoms with Crippen molar-refractivity contribution in [1.82, 2.24) is 19.7 Å². The van der Waals surface area contributed by atoms with Gasteiger partial charge in [-0.15, -0.1) is 0 Å². The molecule has 0 saturated carbocycles. The fraction of sp³-hybridized carbons (Fsp3) is 0.440. The summed E-state index contributed by atoms with van der Waals surface area (Å²) < 4.78 is 46.3. The maximum Gasteiger partial charge on any atom is 0.410 e. The lowest BCUT2D eigenvalue weighted by molar-refractivity contribution is -0.0166. The highest BCUT2D eigenvalue weighted by molar-refractivity contribution is 7.90. The van der Waals surface area contributed by atoms with Gasteiger partial charge in [0, 0.05) is 24.7 Å². The van der Waals surface area contributed by atoms with E-state index in [0.29, 0.717) is 11.2 Å². The van der Waals surface area contributed by atoms with Crippen LogP contribution in [0, 0.1) is 11.3 Å². The molecule has 0 bridgehead atoms. The van der Waals surface area contributed by atoms with E-state index in [1.165, 1.54) is 40.0 Å². The number of carbonyl (C=O) groups is 1. The average molecular weight is 545 g/mol. The number of likely N-dealkylation sites (tertiary alicyclic amines) is 1. The molecule has 3 heterocycles. The molecule has 1 fully saturated rings. The van der Waals surface area contributed by atoms with Crippen molar-refractivity contribution in [2.24, 2.45) is 0 Å². The SMILES string of the molecule is CC(C)(C)OC(=O)N1CC[C@@](CC#N)(n2nc(Nc3ccc(S(C)(=O)=O)cc3)c3c(=O)[nH]ccc32)[C@@H](F)C1. The second-order valence-electron chi connectivity index (χ2n) is 10.3. The Hall–Kier alpha value is -3.92. The Bertz CT molecular complexity index is 1570. The number of hydrogen-bond donors (Lipinski definition) is 2. The fourth-order valence-corrected chi connectivity index (χ4v) is 5.14. The number of rotatable bonds is 5. The standard InChI is InChI=1S/C25H29FN6O5S/c1-24(2,3)37-23(34)31-14-11-25(10-12-27,19(26)15-31)32-18-9-13-28-22(33)20(18)21(30-32)29-16-5-7-17(8-6-16)38(4,35)36/h5-9,13,19H,10-11,14-15H2,1-4H3,(H,28,33)(H,29,30)/t19-,25+/m0/s1. The van der Waals surface area contributed by atoms with E-state index in [1.54, 1.807) is 26.8 Å². The second-order valence-corrected chi connectivity index (χ2v) is 12.3. The molecule has 0 unspecified atom stereocenters. The minimum Gasteiger partial charge on any atom is -0.444 e. The zero-order valence-corrected chi connectivity index (χ0v) is 22.3. The number of fused-ring (bicyclic) bond motifs is 1. The third kappa shape index (κ3) is 5.22. The van der Waals surface area contributed by atoms with Gasteiger partial charge in [0.1, 0.15) is 22.7 Å².